The highest BCUT2D eigenvalue weighted by atomic mass is 16.5. The first kappa shape index (κ1) is 12.1. The molecule has 0 radical (unpaired) electrons. The van der Waals surface area contributed by atoms with Crippen LogP contribution in [0, 0.1) is 0 Å². The smallest absolute Gasteiger partial charge is 0.223 e. The third-order valence-electron chi connectivity index (χ3n) is 2.69. The molecule has 0 saturated heterocycles. The number of nitrogens with zero attached hydrogens (tertiary/aromatic N) is 5. The van der Waals surface area contributed by atoms with E-state index < -0.39 is 0 Å². The molecule has 0 aliphatic carbocycles. The van der Waals surface area contributed by atoms with Crippen molar-refractivity contribution in [3.05, 3.63) is 42.6 Å². The Morgan fingerprint density at radius 2 is 2.10 bits per heavy atom. The first-order valence-electron chi connectivity index (χ1n) is 5.87. The number of rotatable bonds is 3. The second-order valence-corrected chi connectivity index (χ2v) is 3.97. The Morgan fingerprint density at radius 1 is 1.20 bits per heavy atom. The number of hydrogen-bond donors (Lipinski definition) is 1. The van der Waals surface area contributed by atoms with Crippen LogP contribution in [0.25, 0.3) is 17.2 Å². The molecule has 100 valence electrons. The van der Waals surface area contributed by atoms with Crippen LogP contribution in [0.5, 0.6) is 11.5 Å². The lowest BCUT2D eigenvalue weighted by molar-refractivity contribution is 0.403. The average molecular weight is 269 g/mol. The largest absolute Gasteiger partial charge is 0.508 e. The normalized spacial score (nSPS) is 10.4. The Hall–Kier alpha value is -2.96. The predicted molar refractivity (Wildman–Crippen MR) is 70.6 cm³/mol. The van der Waals surface area contributed by atoms with Gasteiger partial charge in [-0.25, -0.2) is 0 Å². The van der Waals surface area contributed by atoms with E-state index in [0.29, 0.717) is 23.0 Å². The van der Waals surface area contributed by atoms with Crippen LogP contribution in [0.15, 0.2) is 42.6 Å². The topological polar surface area (TPSA) is 86.0 Å². The molecule has 0 bridgehead atoms. The van der Waals surface area contributed by atoms with Crippen LogP contribution in [-0.4, -0.2) is 37.4 Å². The highest BCUT2D eigenvalue weighted by Crippen LogP contribution is 2.26. The van der Waals surface area contributed by atoms with Gasteiger partial charge in [-0.15, -0.1) is 15.0 Å². The third-order valence-corrected chi connectivity index (χ3v) is 2.69. The van der Waals surface area contributed by atoms with E-state index in [2.05, 4.69) is 20.4 Å². The molecule has 3 rings (SSSR count). The molecular weight excluding hydrogens is 258 g/mol. The van der Waals surface area contributed by atoms with Crippen LogP contribution in [0.2, 0.25) is 0 Å². The molecule has 7 heteroatoms. The second-order valence-electron chi connectivity index (χ2n) is 3.97. The summed E-state index contributed by atoms with van der Waals surface area (Å²) in [5.41, 5.74) is 1.22. The van der Waals surface area contributed by atoms with Crippen LogP contribution in [-0.2, 0) is 0 Å². The molecule has 20 heavy (non-hydrogen) atoms. The van der Waals surface area contributed by atoms with Crippen molar-refractivity contribution in [2.24, 2.45) is 0 Å². The molecule has 0 aliphatic heterocycles. The van der Waals surface area contributed by atoms with E-state index in [9.17, 15) is 5.11 Å². The maximum atomic E-state index is 9.44. The second kappa shape index (κ2) is 4.96. The van der Waals surface area contributed by atoms with E-state index >= 15 is 0 Å². The lowest BCUT2D eigenvalue weighted by Crippen LogP contribution is -2.01. The van der Waals surface area contributed by atoms with Crippen LogP contribution < -0.4 is 4.74 Å². The van der Waals surface area contributed by atoms with Gasteiger partial charge < -0.3 is 9.84 Å². The molecule has 2 heterocycles. The third kappa shape index (κ3) is 2.16. The number of phenolic OH excluding ortho intramolecular Hbond substituents is 1. The van der Waals surface area contributed by atoms with Gasteiger partial charge in [-0.2, -0.15) is 0 Å². The van der Waals surface area contributed by atoms with Gasteiger partial charge in [0.1, 0.15) is 22.9 Å². The molecular formula is C13H11N5O2. The molecule has 0 saturated carbocycles. The number of benzene rings is 1. The fourth-order valence-corrected chi connectivity index (χ4v) is 1.75. The van der Waals surface area contributed by atoms with Gasteiger partial charge in [0.05, 0.1) is 7.11 Å². The van der Waals surface area contributed by atoms with Crippen molar-refractivity contribution in [1.82, 2.24) is 25.2 Å². The molecule has 7 nitrogen and oxygen atoms in total. The van der Waals surface area contributed by atoms with Gasteiger partial charge >= 0.3 is 0 Å². The van der Waals surface area contributed by atoms with Gasteiger partial charge in [-0.05, 0) is 29.5 Å². The van der Waals surface area contributed by atoms with Crippen molar-refractivity contribution in [1.29, 1.82) is 0 Å². The SMILES string of the molecule is COc1cc(O)ccc1-n1nnc(-c2ccccn2)n1. The summed E-state index contributed by atoms with van der Waals surface area (Å²) in [6.07, 6.45) is 1.66. The molecule has 0 atom stereocenters. The van der Waals surface area contributed by atoms with Gasteiger partial charge in [-0.3, -0.25) is 4.98 Å². The number of aromatic hydroxyl groups is 1. The highest BCUT2D eigenvalue weighted by Gasteiger charge is 2.12. The fourth-order valence-electron chi connectivity index (χ4n) is 1.75. The summed E-state index contributed by atoms with van der Waals surface area (Å²) in [6, 6.07) is 10.1. The molecule has 2 aromatic heterocycles. The number of ether oxygens (including phenoxy) is 1. The zero-order valence-electron chi connectivity index (χ0n) is 10.6. The van der Waals surface area contributed by atoms with Crippen molar-refractivity contribution in [3.8, 4) is 28.7 Å². The predicted octanol–water partition coefficient (Wildman–Crippen LogP) is 1.44. The van der Waals surface area contributed by atoms with Crippen LogP contribution >= 0.6 is 0 Å². The number of hydrogen-bond acceptors (Lipinski definition) is 6. The molecule has 0 amide bonds. The van der Waals surface area contributed by atoms with E-state index in [1.54, 1.807) is 18.3 Å². The first-order chi connectivity index (χ1) is 9.78. The standard InChI is InChI=1S/C13H11N5O2/c1-20-12-8-9(19)5-6-11(12)18-16-13(15-17-18)10-4-2-3-7-14-10/h2-8,19H,1H3. The van der Waals surface area contributed by atoms with E-state index in [1.807, 2.05) is 12.1 Å². The summed E-state index contributed by atoms with van der Waals surface area (Å²) in [4.78, 5) is 5.50. The molecule has 0 spiro atoms. The summed E-state index contributed by atoms with van der Waals surface area (Å²) in [5.74, 6) is 0.978. The fraction of sp³-hybridized carbons (Fsp3) is 0.0769. The van der Waals surface area contributed by atoms with E-state index in [0.717, 1.165) is 0 Å². The zero-order chi connectivity index (χ0) is 13.9. The molecule has 3 aromatic rings. The summed E-state index contributed by atoms with van der Waals surface area (Å²) >= 11 is 0. The summed E-state index contributed by atoms with van der Waals surface area (Å²) in [5, 5.41) is 21.6. The number of methoxy groups -OCH3 is 1. The Balaban J connectivity index is 2.02. The van der Waals surface area contributed by atoms with Crippen LogP contribution in [0.1, 0.15) is 0 Å². The van der Waals surface area contributed by atoms with E-state index in [-0.39, 0.29) is 5.75 Å². The monoisotopic (exact) mass is 269 g/mol. The maximum absolute atomic E-state index is 9.44. The summed E-state index contributed by atoms with van der Waals surface area (Å²) in [6.45, 7) is 0. The van der Waals surface area contributed by atoms with Crippen molar-refractivity contribution in [2.45, 2.75) is 0 Å². The Kier molecular flexibility index (Phi) is 3.00. The molecule has 0 unspecified atom stereocenters. The number of aromatic nitrogens is 5. The summed E-state index contributed by atoms with van der Waals surface area (Å²) < 4.78 is 5.19. The van der Waals surface area contributed by atoms with Gasteiger partial charge in [-0.1, -0.05) is 6.07 Å². The number of tetrazole rings is 1. The molecule has 0 aliphatic rings. The summed E-state index contributed by atoms with van der Waals surface area (Å²) in [7, 11) is 1.51. The molecule has 1 N–H and O–H groups in total. The lowest BCUT2D eigenvalue weighted by Gasteiger charge is -2.06. The minimum atomic E-state index is 0.107. The Labute approximate surface area is 114 Å². The van der Waals surface area contributed by atoms with E-state index in [1.165, 1.54) is 24.0 Å². The number of pyridine rings is 1. The Morgan fingerprint density at radius 3 is 2.85 bits per heavy atom. The van der Waals surface area contributed by atoms with Gasteiger partial charge in [0.2, 0.25) is 5.82 Å². The van der Waals surface area contributed by atoms with Gasteiger partial charge in [0, 0.05) is 12.3 Å². The molecule has 1 aromatic carbocycles. The average Bonchev–Trinajstić information content (AvgIpc) is 2.97. The van der Waals surface area contributed by atoms with Crippen molar-refractivity contribution in [2.75, 3.05) is 7.11 Å². The van der Waals surface area contributed by atoms with Gasteiger partial charge in [0.15, 0.2) is 0 Å². The minimum Gasteiger partial charge on any atom is -0.508 e. The highest BCUT2D eigenvalue weighted by molar-refractivity contribution is 5.51. The van der Waals surface area contributed by atoms with Crippen LogP contribution in [0.4, 0.5) is 0 Å². The zero-order valence-corrected chi connectivity index (χ0v) is 10.6. The first-order valence-corrected chi connectivity index (χ1v) is 5.87. The number of phenols is 1. The minimum absolute atomic E-state index is 0.107. The van der Waals surface area contributed by atoms with Crippen molar-refractivity contribution in [3.63, 3.8) is 0 Å². The quantitative estimate of drug-likeness (QED) is 0.774. The van der Waals surface area contributed by atoms with Crippen molar-refractivity contribution < 1.29 is 9.84 Å². The van der Waals surface area contributed by atoms with E-state index in [4.69, 9.17) is 4.74 Å². The molecule has 0 fully saturated rings. The Bertz CT molecular complexity index is 727. The maximum Gasteiger partial charge on any atom is 0.223 e. The van der Waals surface area contributed by atoms with Crippen molar-refractivity contribution >= 4 is 0 Å². The lowest BCUT2D eigenvalue weighted by atomic mass is 10.3. The van der Waals surface area contributed by atoms with Crippen LogP contribution in [0.3, 0.4) is 0 Å². The van der Waals surface area contributed by atoms with Gasteiger partial charge in [0.25, 0.3) is 0 Å².